The number of ketones is 1. The highest BCUT2D eigenvalue weighted by Gasteiger charge is 2.21. The van der Waals surface area contributed by atoms with Crippen LogP contribution >= 0.6 is 0 Å². The molecule has 1 rings (SSSR count). The summed E-state index contributed by atoms with van der Waals surface area (Å²) in [5, 5.41) is 9.50. The molecular weight excluding hydrogens is 220 g/mol. The summed E-state index contributed by atoms with van der Waals surface area (Å²) in [7, 11) is 0. The highest BCUT2D eigenvalue weighted by atomic mass is 16.6. The summed E-state index contributed by atoms with van der Waals surface area (Å²) in [6.45, 7) is 3.37. The number of benzene rings is 1. The molecule has 0 heterocycles. The number of esters is 1. The maximum absolute atomic E-state index is 11.7. The molecule has 1 aromatic carbocycles. The van der Waals surface area contributed by atoms with Gasteiger partial charge in [-0.3, -0.25) is 4.79 Å². The van der Waals surface area contributed by atoms with E-state index in [0.29, 0.717) is 5.56 Å². The van der Waals surface area contributed by atoms with Gasteiger partial charge in [-0.05, 0) is 13.8 Å². The minimum absolute atomic E-state index is 0.254. The van der Waals surface area contributed by atoms with Gasteiger partial charge >= 0.3 is 5.97 Å². The van der Waals surface area contributed by atoms with Gasteiger partial charge in [-0.2, -0.15) is 0 Å². The Bertz CT molecular complexity index is 384. The first-order valence-electron chi connectivity index (χ1n) is 5.47. The summed E-state index contributed by atoms with van der Waals surface area (Å²) in [6, 6.07) is 8.53. The highest BCUT2D eigenvalue weighted by molar-refractivity contribution is 5.98. The van der Waals surface area contributed by atoms with Gasteiger partial charge in [0.15, 0.2) is 11.9 Å². The number of rotatable bonds is 5. The highest BCUT2D eigenvalue weighted by Crippen LogP contribution is 2.07. The zero-order valence-electron chi connectivity index (χ0n) is 9.92. The third kappa shape index (κ3) is 4.36. The zero-order valence-corrected chi connectivity index (χ0v) is 9.92. The fraction of sp³-hybridized carbons (Fsp3) is 0.385. The second-order valence-electron chi connectivity index (χ2n) is 3.99. The number of aliphatic hydroxyl groups is 1. The lowest BCUT2D eigenvalue weighted by molar-refractivity contribution is -0.157. The first-order chi connectivity index (χ1) is 8.00. The minimum atomic E-state index is -1.40. The molecule has 1 aromatic rings. The molecule has 0 saturated carbocycles. The number of carbonyl (C=O) groups excluding carboxylic acids is 2. The van der Waals surface area contributed by atoms with E-state index in [1.54, 1.807) is 44.2 Å². The molecule has 0 saturated heterocycles. The van der Waals surface area contributed by atoms with Gasteiger partial charge in [0, 0.05) is 12.0 Å². The van der Waals surface area contributed by atoms with Gasteiger partial charge < -0.3 is 9.84 Å². The van der Waals surface area contributed by atoms with Crippen molar-refractivity contribution in [2.45, 2.75) is 32.5 Å². The van der Waals surface area contributed by atoms with Crippen molar-refractivity contribution in [2.75, 3.05) is 0 Å². The van der Waals surface area contributed by atoms with Crippen LogP contribution in [0.1, 0.15) is 30.6 Å². The molecule has 4 nitrogen and oxygen atoms in total. The van der Waals surface area contributed by atoms with Crippen molar-refractivity contribution >= 4 is 11.8 Å². The first kappa shape index (κ1) is 13.4. The average Bonchev–Trinajstić information content (AvgIpc) is 2.29. The van der Waals surface area contributed by atoms with E-state index in [-0.39, 0.29) is 18.3 Å². The van der Waals surface area contributed by atoms with Crippen LogP contribution in [-0.2, 0) is 9.53 Å². The SMILES string of the molecule is CC(C)OC(=O)[C@H](O)CC(=O)c1ccccc1. The van der Waals surface area contributed by atoms with E-state index in [1.165, 1.54) is 0 Å². The lowest BCUT2D eigenvalue weighted by atomic mass is 10.1. The fourth-order valence-corrected chi connectivity index (χ4v) is 1.31. The van der Waals surface area contributed by atoms with Crippen LogP contribution in [0.25, 0.3) is 0 Å². The first-order valence-corrected chi connectivity index (χ1v) is 5.47. The molecule has 0 aliphatic rings. The quantitative estimate of drug-likeness (QED) is 0.622. The van der Waals surface area contributed by atoms with Crippen molar-refractivity contribution in [3.8, 4) is 0 Å². The molecule has 1 N–H and O–H groups in total. The molecule has 92 valence electrons. The Balaban J connectivity index is 2.55. The molecule has 0 aromatic heterocycles. The Morgan fingerprint density at radius 3 is 2.35 bits per heavy atom. The molecule has 0 bridgehead atoms. The molecule has 17 heavy (non-hydrogen) atoms. The van der Waals surface area contributed by atoms with E-state index in [4.69, 9.17) is 4.74 Å². The summed E-state index contributed by atoms with van der Waals surface area (Å²) < 4.78 is 4.81. The van der Waals surface area contributed by atoms with Gasteiger partial charge in [0.05, 0.1) is 6.10 Å². The van der Waals surface area contributed by atoms with Crippen molar-refractivity contribution in [1.29, 1.82) is 0 Å². The summed E-state index contributed by atoms with van der Waals surface area (Å²) >= 11 is 0. The molecular formula is C13H16O4. The molecule has 0 spiro atoms. The summed E-state index contributed by atoms with van der Waals surface area (Å²) in [6.07, 6.45) is -1.95. The lowest BCUT2D eigenvalue weighted by Gasteiger charge is -2.12. The fourth-order valence-electron chi connectivity index (χ4n) is 1.31. The smallest absolute Gasteiger partial charge is 0.335 e. The van der Waals surface area contributed by atoms with Crippen LogP contribution in [0.3, 0.4) is 0 Å². The number of aliphatic hydroxyl groups excluding tert-OH is 1. The van der Waals surface area contributed by atoms with Crippen LogP contribution in [0.2, 0.25) is 0 Å². The Labute approximate surface area is 100 Å². The Morgan fingerprint density at radius 1 is 1.24 bits per heavy atom. The maximum Gasteiger partial charge on any atom is 0.335 e. The average molecular weight is 236 g/mol. The van der Waals surface area contributed by atoms with E-state index in [2.05, 4.69) is 0 Å². The van der Waals surface area contributed by atoms with Gasteiger partial charge in [-0.1, -0.05) is 30.3 Å². The van der Waals surface area contributed by atoms with Crippen LogP contribution in [0.15, 0.2) is 30.3 Å². The molecule has 0 amide bonds. The van der Waals surface area contributed by atoms with Crippen LogP contribution in [0.4, 0.5) is 0 Å². The third-order valence-electron chi connectivity index (χ3n) is 2.10. The Kier molecular flexibility index (Phi) is 4.84. The van der Waals surface area contributed by atoms with E-state index >= 15 is 0 Å². The van der Waals surface area contributed by atoms with Gasteiger partial charge in [0.2, 0.25) is 0 Å². The second kappa shape index (κ2) is 6.15. The number of hydrogen-bond acceptors (Lipinski definition) is 4. The monoisotopic (exact) mass is 236 g/mol. The summed E-state index contributed by atoms with van der Waals surface area (Å²) in [4.78, 5) is 23.0. The van der Waals surface area contributed by atoms with E-state index in [1.807, 2.05) is 0 Å². The molecule has 0 aliphatic carbocycles. The Morgan fingerprint density at radius 2 is 1.82 bits per heavy atom. The van der Waals surface area contributed by atoms with Crippen LogP contribution in [-0.4, -0.2) is 29.1 Å². The van der Waals surface area contributed by atoms with Crippen LogP contribution < -0.4 is 0 Å². The van der Waals surface area contributed by atoms with Crippen LogP contribution in [0, 0.1) is 0 Å². The molecule has 1 atom stereocenters. The topological polar surface area (TPSA) is 63.6 Å². The van der Waals surface area contributed by atoms with E-state index in [9.17, 15) is 14.7 Å². The van der Waals surface area contributed by atoms with Gasteiger partial charge in [-0.15, -0.1) is 0 Å². The van der Waals surface area contributed by atoms with Gasteiger partial charge in [0.25, 0.3) is 0 Å². The lowest BCUT2D eigenvalue weighted by Crippen LogP contribution is -2.28. The van der Waals surface area contributed by atoms with Crippen molar-refractivity contribution in [2.24, 2.45) is 0 Å². The number of hydrogen-bond donors (Lipinski definition) is 1. The second-order valence-corrected chi connectivity index (χ2v) is 3.99. The predicted molar refractivity (Wildman–Crippen MR) is 62.6 cm³/mol. The maximum atomic E-state index is 11.7. The molecule has 0 radical (unpaired) electrons. The Hall–Kier alpha value is -1.68. The third-order valence-corrected chi connectivity index (χ3v) is 2.10. The normalized spacial score (nSPS) is 12.2. The number of ether oxygens (including phenoxy) is 1. The van der Waals surface area contributed by atoms with Crippen LogP contribution in [0.5, 0.6) is 0 Å². The van der Waals surface area contributed by atoms with Crippen molar-refractivity contribution in [3.05, 3.63) is 35.9 Å². The molecule has 0 aliphatic heterocycles. The van der Waals surface area contributed by atoms with E-state index < -0.39 is 12.1 Å². The van der Waals surface area contributed by atoms with Crippen molar-refractivity contribution < 1.29 is 19.4 Å². The standard InChI is InChI=1S/C13H16O4/c1-9(2)17-13(16)12(15)8-11(14)10-6-4-3-5-7-10/h3-7,9,12,15H,8H2,1-2H3/t12-/m1/s1. The predicted octanol–water partition coefficient (Wildman–Crippen LogP) is 1.57. The molecule has 0 fully saturated rings. The minimum Gasteiger partial charge on any atom is -0.461 e. The van der Waals surface area contributed by atoms with Gasteiger partial charge in [-0.25, -0.2) is 4.79 Å². The van der Waals surface area contributed by atoms with Crippen molar-refractivity contribution in [1.82, 2.24) is 0 Å². The van der Waals surface area contributed by atoms with E-state index in [0.717, 1.165) is 0 Å². The molecule has 4 heteroatoms. The molecule has 0 unspecified atom stereocenters. The largest absolute Gasteiger partial charge is 0.461 e. The number of carbonyl (C=O) groups is 2. The number of Topliss-reactive ketones (excluding diaryl/α,β-unsaturated/α-hetero) is 1. The van der Waals surface area contributed by atoms with Gasteiger partial charge in [0.1, 0.15) is 0 Å². The summed E-state index contributed by atoms with van der Waals surface area (Å²) in [5.74, 6) is -1.04. The zero-order chi connectivity index (χ0) is 12.8. The summed E-state index contributed by atoms with van der Waals surface area (Å²) in [5.41, 5.74) is 0.476. The van der Waals surface area contributed by atoms with Crippen molar-refractivity contribution in [3.63, 3.8) is 0 Å².